The maximum absolute atomic E-state index is 13.5. The number of rotatable bonds is 6. The third-order valence-corrected chi connectivity index (χ3v) is 10.5. The summed E-state index contributed by atoms with van der Waals surface area (Å²) in [5, 5.41) is 9.89. The summed E-state index contributed by atoms with van der Waals surface area (Å²) in [6.07, 6.45) is 4.92. The molecule has 200 valence electrons. The summed E-state index contributed by atoms with van der Waals surface area (Å²) in [5.74, 6) is 1.28. The van der Waals surface area contributed by atoms with E-state index in [2.05, 4.69) is 31.7 Å². The Morgan fingerprint density at radius 3 is 2.46 bits per heavy atom. The van der Waals surface area contributed by atoms with E-state index in [1.807, 2.05) is 0 Å². The summed E-state index contributed by atoms with van der Waals surface area (Å²) in [7, 11) is -3.19. The van der Waals surface area contributed by atoms with Crippen molar-refractivity contribution < 1.29 is 13.2 Å². The average molecular weight is 563 g/mol. The van der Waals surface area contributed by atoms with Crippen molar-refractivity contribution >= 4 is 55.9 Å². The number of nitrogens with zero attached hydrogens (tertiary/aromatic N) is 4. The molecule has 3 unspecified atom stereocenters. The van der Waals surface area contributed by atoms with Gasteiger partial charge >= 0.3 is 0 Å². The lowest BCUT2D eigenvalue weighted by molar-refractivity contribution is -0.123. The molecule has 1 aromatic rings. The van der Waals surface area contributed by atoms with E-state index in [0.717, 1.165) is 49.9 Å². The Bertz CT molecular complexity index is 1350. The van der Waals surface area contributed by atoms with Gasteiger partial charge in [0.2, 0.25) is 0 Å². The summed E-state index contributed by atoms with van der Waals surface area (Å²) in [6, 6.07) is 1.64. The van der Waals surface area contributed by atoms with Gasteiger partial charge in [-0.05, 0) is 49.7 Å². The van der Waals surface area contributed by atoms with Gasteiger partial charge in [-0.1, -0.05) is 51.2 Å². The van der Waals surface area contributed by atoms with Crippen LogP contribution in [0.15, 0.2) is 9.70 Å². The highest BCUT2D eigenvalue weighted by Gasteiger charge is 2.42. The molecule has 0 saturated carbocycles. The second-order valence-corrected chi connectivity index (χ2v) is 14.5. The maximum atomic E-state index is 13.5. The highest BCUT2D eigenvalue weighted by Crippen LogP contribution is 2.39. The number of carbonyl (C=O) groups excluding carboxylic acids is 1. The highest BCUT2D eigenvalue weighted by atomic mass is 32.2. The van der Waals surface area contributed by atoms with E-state index in [0.29, 0.717) is 45.2 Å². The van der Waals surface area contributed by atoms with E-state index in [1.165, 1.54) is 4.90 Å². The van der Waals surface area contributed by atoms with Gasteiger partial charge in [0.25, 0.3) is 11.5 Å². The lowest BCUT2D eigenvalue weighted by Gasteiger charge is -2.39. The van der Waals surface area contributed by atoms with E-state index in [4.69, 9.17) is 12.2 Å². The summed E-state index contributed by atoms with van der Waals surface area (Å²) in [6.45, 7) is 10.3. The predicted octanol–water partition coefficient (Wildman–Crippen LogP) is 3.70. The molecular weight excluding hydrogens is 529 g/mol. The van der Waals surface area contributed by atoms with Crippen LogP contribution in [0.1, 0.15) is 63.1 Å². The molecule has 1 amide bonds. The van der Waals surface area contributed by atoms with Crippen molar-refractivity contribution in [3.8, 4) is 6.07 Å². The van der Waals surface area contributed by atoms with Gasteiger partial charge < -0.3 is 4.90 Å². The molecule has 11 heteroatoms. The molecule has 3 aliphatic heterocycles. The van der Waals surface area contributed by atoms with Crippen LogP contribution in [0.5, 0.6) is 0 Å². The molecule has 0 aromatic carbocycles. The summed E-state index contributed by atoms with van der Waals surface area (Å²) >= 11 is 6.67. The van der Waals surface area contributed by atoms with Gasteiger partial charge in [-0.3, -0.25) is 19.1 Å². The minimum absolute atomic E-state index is 0.0519. The van der Waals surface area contributed by atoms with Crippen molar-refractivity contribution in [2.45, 2.75) is 66.0 Å². The van der Waals surface area contributed by atoms with Crippen molar-refractivity contribution in [1.29, 1.82) is 5.26 Å². The average Bonchev–Trinajstić information content (AvgIpc) is 3.31. The van der Waals surface area contributed by atoms with Crippen LogP contribution >= 0.6 is 24.0 Å². The number of anilines is 1. The van der Waals surface area contributed by atoms with Crippen LogP contribution in [0.4, 0.5) is 5.82 Å². The number of piperidine rings is 1. The van der Waals surface area contributed by atoms with Gasteiger partial charge in [0.15, 0.2) is 9.84 Å². The van der Waals surface area contributed by atoms with Crippen molar-refractivity contribution in [1.82, 2.24) is 9.47 Å². The normalized spacial score (nSPS) is 26.8. The smallest absolute Gasteiger partial charge is 0.270 e. The quantitative estimate of drug-likeness (QED) is 0.382. The second-order valence-electron chi connectivity index (χ2n) is 10.6. The third kappa shape index (κ3) is 5.52. The van der Waals surface area contributed by atoms with E-state index >= 15 is 0 Å². The summed E-state index contributed by atoms with van der Waals surface area (Å²) in [4.78, 5) is 31.1. The standard InChI is InChI=1S/C26H34N4O4S3/c1-5-6-8-29-23(28-13-16(2)10-17(3)14-28)20(18(4)21(12-27)24(29)31)11-22-25(32)30(26(35)36-22)19-7-9-37(33,34)15-19/h11,16-17,19H,5-10,13-15H2,1-4H3/b22-11+. The van der Waals surface area contributed by atoms with Crippen LogP contribution in [0.3, 0.4) is 0 Å². The number of aromatic nitrogens is 1. The number of hydrogen-bond donors (Lipinski definition) is 0. The second kappa shape index (κ2) is 10.9. The van der Waals surface area contributed by atoms with E-state index in [9.17, 15) is 23.3 Å². The van der Waals surface area contributed by atoms with E-state index in [-0.39, 0.29) is 28.5 Å². The molecular formula is C26H34N4O4S3. The number of thiocarbonyl (C=S) groups is 1. The number of nitriles is 1. The SMILES string of the molecule is CCCCn1c(N2CC(C)CC(C)C2)c(/C=C2/SC(=S)N(C3CCS(=O)(=O)C3)C2=O)c(C)c(C#N)c1=O. The molecule has 3 atom stereocenters. The van der Waals surface area contributed by atoms with Crippen LogP contribution in [0, 0.1) is 30.1 Å². The highest BCUT2D eigenvalue weighted by molar-refractivity contribution is 8.26. The first kappa shape index (κ1) is 27.9. The number of carbonyl (C=O) groups is 1. The molecule has 4 rings (SSSR count). The number of sulfone groups is 1. The predicted molar refractivity (Wildman–Crippen MR) is 152 cm³/mol. The Kier molecular flexibility index (Phi) is 8.22. The summed E-state index contributed by atoms with van der Waals surface area (Å²) < 4.78 is 26.2. The fraction of sp³-hybridized carbons (Fsp3) is 0.615. The molecule has 3 saturated heterocycles. The fourth-order valence-corrected chi connectivity index (χ4v) is 8.83. The number of thioether (sulfide) groups is 1. The molecule has 4 heterocycles. The number of hydrogen-bond acceptors (Lipinski definition) is 8. The molecule has 0 aliphatic carbocycles. The van der Waals surface area contributed by atoms with Crippen LogP contribution in [0.2, 0.25) is 0 Å². The first-order valence-corrected chi connectivity index (χ1v) is 15.9. The minimum Gasteiger partial charge on any atom is -0.357 e. The van der Waals surface area contributed by atoms with Gasteiger partial charge in [0.05, 0.1) is 22.5 Å². The van der Waals surface area contributed by atoms with Crippen molar-refractivity contribution in [2.75, 3.05) is 29.5 Å². The van der Waals surface area contributed by atoms with Crippen LogP contribution in [0.25, 0.3) is 6.08 Å². The Morgan fingerprint density at radius 2 is 1.89 bits per heavy atom. The molecule has 37 heavy (non-hydrogen) atoms. The molecule has 1 aromatic heterocycles. The van der Waals surface area contributed by atoms with Gasteiger partial charge in [-0.2, -0.15) is 5.26 Å². The Balaban J connectivity index is 1.87. The number of unbranched alkanes of at least 4 members (excludes halogenated alkanes) is 1. The first-order chi connectivity index (χ1) is 17.5. The lowest BCUT2D eigenvalue weighted by atomic mass is 9.91. The maximum Gasteiger partial charge on any atom is 0.270 e. The van der Waals surface area contributed by atoms with Gasteiger partial charge in [0, 0.05) is 25.2 Å². The van der Waals surface area contributed by atoms with Gasteiger partial charge in [-0.15, -0.1) is 0 Å². The Labute approximate surface area is 228 Å². The van der Waals surface area contributed by atoms with Gasteiger partial charge in [0.1, 0.15) is 21.8 Å². The van der Waals surface area contributed by atoms with E-state index < -0.39 is 15.9 Å². The zero-order valence-corrected chi connectivity index (χ0v) is 24.3. The zero-order valence-electron chi connectivity index (χ0n) is 21.8. The van der Waals surface area contributed by atoms with Crippen LogP contribution in [-0.4, -0.2) is 58.7 Å². The monoisotopic (exact) mass is 562 g/mol. The van der Waals surface area contributed by atoms with E-state index in [1.54, 1.807) is 17.6 Å². The van der Waals surface area contributed by atoms with Gasteiger partial charge in [-0.25, -0.2) is 8.42 Å². The van der Waals surface area contributed by atoms with Crippen molar-refractivity contribution in [2.24, 2.45) is 11.8 Å². The van der Waals surface area contributed by atoms with Crippen molar-refractivity contribution in [3.63, 3.8) is 0 Å². The molecule has 3 fully saturated rings. The Hall–Kier alpha value is -2.16. The molecule has 0 radical (unpaired) electrons. The molecule has 3 aliphatic rings. The molecule has 0 bridgehead atoms. The minimum atomic E-state index is -3.19. The third-order valence-electron chi connectivity index (χ3n) is 7.42. The fourth-order valence-electron chi connectivity index (χ4n) is 5.75. The number of amides is 1. The topological polar surface area (TPSA) is 103 Å². The molecule has 0 spiro atoms. The van der Waals surface area contributed by atoms with Crippen LogP contribution < -0.4 is 10.5 Å². The Morgan fingerprint density at radius 1 is 1.22 bits per heavy atom. The first-order valence-electron chi connectivity index (χ1n) is 12.9. The lowest BCUT2D eigenvalue weighted by Crippen LogP contribution is -2.43. The molecule has 0 N–H and O–H groups in total. The zero-order chi connectivity index (χ0) is 27.1. The summed E-state index contributed by atoms with van der Waals surface area (Å²) in [5.41, 5.74) is 1.03. The molecule has 8 nitrogen and oxygen atoms in total. The number of pyridine rings is 1. The van der Waals surface area contributed by atoms with Crippen LogP contribution in [-0.2, 0) is 21.2 Å². The largest absolute Gasteiger partial charge is 0.357 e. The van der Waals surface area contributed by atoms with Crippen molar-refractivity contribution in [3.05, 3.63) is 31.9 Å².